The first-order chi connectivity index (χ1) is 13.5. The van der Waals surface area contributed by atoms with Gasteiger partial charge in [-0.1, -0.05) is 6.07 Å². The molecule has 0 radical (unpaired) electrons. The lowest BCUT2D eigenvalue weighted by atomic mass is 10.1. The summed E-state index contributed by atoms with van der Waals surface area (Å²) in [5, 5.41) is 1.76. The summed E-state index contributed by atoms with van der Waals surface area (Å²) in [6.45, 7) is 2.94. The van der Waals surface area contributed by atoms with Crippen molar-refractivity contribution in [3.8, 4) is 5.75 Å². The van der Waals surface area contributed by atoms with E-state index in [-0.39, 0.29) is 12.0 Å². The van der Waals surface area contributed by atoms with Gasteiger partial charge in [0.1, 0.15) is 16.6 Å². The third-order valence-corrected chi connectivity index (χ3v) is 7.54. The monoisotopic (exact) mass is 424 g/mol. The molecular formula is C19H24N2O5S2. The highest BCUT2D eigenvalue weighted by atomic mass is 32.2. The highest BCUT2D eigenvalue weighted by molar-refractivity contribution is 7.91. The zero-order valence-electron chi connectivity index (χ0n) is 15.7. The molecule has 9 heteroatoms. The summed E-state index contributed by atoms with van der Waals surface area (Å²) in [6.07, 6.45) is 1.55. The van der Waals surface area contributed by atoms with Crippen molar-refractivity contribution >= 4 is 27.3 Å². The Morgan fingerprint density at radius 3 is 2.54 bits per heavy atom. The second-order valence-corrected chi connectivity index (χ2v) is 9.42. The molecule has 0 spiro atoms. The number of ether oxygens (including phenoxy) is 2. The van der Waals surface area contributed by atoms with Gasteiger partial charge in [0.05, 0.1) is 12.7 Å². The molecule has 2 aromatic rings. The summed E-state index contributed by atoms with van der Waals surface area (Å²) in [7, 11) is -2.06. The van der Waals surface area contributed by atoms with Gasteiger partial charge in [-0.2, -0.15) is 0 Å². The van der Waals surface area contributed by atoms with Crippen LogP contribution in [-0.4, -0.2) is 58.7 Å². The molecule has 0 aliphatic carbocycles. The molecule has 1 fully saturated rings. The van der Waals surface area contributed by atoms with E-state index in [1.165, 1.54) is 18.4 Å². The molecule has 7 nitrogen and oxygen atoms in total. The van der Waals surface area contributed by atoms with Gasteiger partial charge in [-0.25, -0.2) is 17.9 Å². The summed E-state index contributed by atoms with van der Waals surface area (Å²) < 4.78 is 38.2. The van der Waals surface area contributed by atoms with Crippen LogP contribution in [0.1, 0.15) is 23.2 Å². The lowest BCUT2D eigenvalue weighted by Crippen LogP contribution is -2.45. The van der Waals surface area contributed by atoms with Gasteiger partial charge in [-0.3, -0.25) is 4.90 Å². The smallest absolute Gasteiger partial charge is 0.337 e. The molecule has 28 heavy (non-hydrogen) atoms. The van der Waals surface area contributed by atoms with Gasteiger partial charge in [0.2, 0.25) is 10.0 Å². The lowest BCUT2D eigenvalue weighted by molar-refractivity contribution is 0.0600. The van der Waals surface area contributed by atoms with Crippen molar-refractivity contribution in [3.63, 3.8) is 0 Å². The predicted octanol–water partition coefficient (Wildman–Crippen LogP) is 2.36. The topological polar surface area (TPSA) is 84.9 Å². The van der Waals surface area contributed by atoms with E-state index < -0.39 is 10.0 Å². The van der Waals surface area contributed by atoms with Crippen molar-refractivity contribution in [2.45, 2.75) is 23.1 Å². The maximum absolute atomic E-state index is 12.3. The zero-order chi connectivity index (χ0) is 20.0. The minimum absolute atomic E-state index is 0.0323. The Morgan fingerprint density at radius 2 is 1.93 bits per heavy atom. The number of esters is 1. The molecule has 152 valence electrons. The van der Waals surface area contributed by atoms with Crippen molar-refractivity contribution in [3.05, 3.63) is 47.3 Å². The summed E-state index contributed by atoms with van der Waals surface area (Å²) in [5.41, 5.74) is 0.488. The zero-order valence-corrected chi connectivity index (χ0v) is 17.3. The van der Waals surface area contributed by atoms with E-state index in [9.17, 15) is 13.2 Å². The highest BCUT2D eigenvalue weighted by Crippen LogP contribution is 2.19. The largest absolute Gasteiger partial charge is 0.492 e. The first kappa shape index (κ1) is 20.8. The van der Waals surface area contributed by atoms with Gasteiger partial charge in [0.15, 0.2) is 0 Å². The van der Waals surface area contributed by atoms with Crippen LogP contribution in [0.5, 0.6) is 5.75 Å². The number of nitrogens with one attached hydrogen (secondary N) is 1. The van der Waals surface area contributed by atoms with Gasteiger partial charge in [-0.05, 0) is 61.6 Å². The van der Waals surface area contributed by atoms with E-state index in [2.05, 4.69) is 14.4 Å². The number of methoxy groups -OCH3 is 1. The van der Waals surface area contributed by atoms with Crippen molar-refractivity contribution in [2.75, 3.05) is 33.4 Å². The molecule has 0 unspecified atom stereocenters. The molecular weight excluding hydrogens is 400 g/mol. The number of likely N-dealkylation sites (tertiary alicyclic amines) is 1. The van der Waals surface area contributed by atoms with Gasteiger partial charge in [0, 0.05) is 12.6 Å². The van der Waals surface area contributed by atoms with Crippen LogP contribution in [0.25, 0.3) is 0 Å². The third kappa shape index (κ3) is 5.54. The minimum Gasteiger partial charge on any atom is -0.492 e. The van der Waals surface area contributed by atoms with Gasteiger partial charge >= 0.3 is 5.97 Å². The van der Waals surface area contributed by atoms with Crippen molar-refractivity contribution in [1.82, 2.24) is 9.62 Å². The molecule has 1 aromatic carbocycles. The first-order valence-electron chi connectivity index (χ1n) is 9.07. The molecule has 0 bridgehead atoms. The van der Waals surface area contributed by atoms with E-state index in [1.807, 2.05) is 0 Å². The fourth-order valence-corrected chi connectivity index (χ4v) is 5.38. The number of benzene rings is 1. The molecule has 2 heterocycles. The van der Waals surface area contributed by atoms with Gasteiger partial charge < -0.3 is 9.47 Å². The number of sulfonamides is 1. The predicted molar refractivity (Wildman–Crippen MR) is 107 cm³/mol. The number of carbonyl (C=O) groups excluding carboxylic acids is 1. The number of hydrogen-bond donors (Lipinski definition) is 1. The van der Waals surface area contributed by atoms with E-state index >= 15 is 0 Å². The van der Waals surface area contributed by atoms with Crippen LogP contribution in [0, 0.1) is 0 Å². The van der Waals surface area contributed by atoms with Gasteiger partial charge in [-0.15, -0.1) is 11.3 Å². The van der Waals surface area contributed by atoms with Gasteiger partial charge in [0.25, 0.3) is 0 Å². The van der Waals surface area contributed by atoms with E-state index in [0.29, 0.717) is 22.1 Å². The SMILES string of the molecule is COC(=O)c1ccc(OCCN2CCC(NS(=O)(=O)c3cccs3)CC2)cc1. The van der Waals surface area contributed by atoms with E-state index in [0.717, 1.165) is 32.5 Å². The average Bonchev–Trinajstić information content (AvgIpc) is 3.25. The van der Waals surface area contributed by atoms with Crippen LogP contribution < -0.4 is 9.46 Å². The van der Waals surface area contributed by atoms with Crippen LogP contribution in [-0.2, 0) is 14.8 Å². The normalized spacial score (nSPS) is 16.0. The molecule has 3 rings (SSSR count). The molecule has 1 aliphatic heterocycles. The number of thiophene rings is 1. The molecule has 1 aliphatic rings. The fourth-order valence-electron chi connectivity index (χ4n) is 3.07. The quantitative estimate of drug-likeness (QED) is 0.655. The fraction of sp³-hybridized carbons (Fsp3) is 0.421. The van der Waals surface area contributed by atoms with E-state index in [4.69, 9.17) is 4.74 Å². The summed E-state index contributed by atoms with van der Waals surface area (Å²) in [4.78, 5) is 13.7. The second kappa shape index (κ2) is 9.51. The Labute approximate surface area is 169 Å². The van der Waals surface area contributed by atoms with Crippen molar-refractivity contribution in [1.29, 1.82) is 0 Å². The number of hydrogen-bond acceptors (Lipinski definition) is 7. The number of piperidine rings is 1. The van der Waals surface area contributed by atoms with E-state index in [1.54, 1.807) is 41.8 Å². The van der Waals surface area contributed by atoms with Crippen LogP contribution in [0.2, 0.25) is 0 Å². The summed E-state index contributed by atoms with van der Waals surface area (Å²) >= 11 is 1.23. The third-order valence-electron chi connectivity index (χ3n) is 4.62. The minimum atomic E-state index is -3.41. The average molecular weight is 425 g/mol. The standard InChI is InChI=1S/C19H24N2O5S2/c1-25-19(22)15-4-6-17(7-5-15)26-13-12-21-10-8-16(9-11-21)20-28(23,24)18-3-2-14-27-18/h2-7,14,16,20H,8-13H2,1H3. The Bertz CT molecular complexity index is 858. The molecule has 1 saturated heterocycles. The molecule has 0 atom stereocenters. The van der Waals surface area contributed by atoms with Crippen LogP contribution in [0.15, 0.2) is 46.0 Å². The van der Waals surface area contributed by atoms with Crippen LogP contribution in [0.4, 0.5) is 0 Å². The van der Waals surface area contributed by atoms with Crippen LogP contribution in [0.3, 0.4) is 0 Å². The lowest BCUT2D eigenvalue weighted by Gasteiger charge is -2.31. The Balaban J connectivity index is 1.38. The molecule has 1 N–H and O–H groups in total. The second-order valence-electron chi connectivity index (χ2n) is 6.53. The maximum Gasteiger partial charge on any atom is 0.337 e. The highest BCUT2D eigenvalue weighted by Gasteiger charge is 2.25. The first-order valence-corrected chi connectivity index (χ1v) is 11.4. The Kier molecular flexibility index (Phi) is 7.06. The molecule has 0 amide bonds. The molecule has 0 saturated carbocycles. The number of nitrogens with zero attached hydrogens (tertiary/aromatic N) is 1. The summed E-state index contributed by atoms with van der Waals surface area (Å²) in [5.74, 6) is 0.329. The molecule has 1 aromatic heterocycles. The Hall–Kier alpha value is -1.94. The maximum atomic E-state index is 12.3. The van der Waals surface area contributed by atoms with Crippen LogP contribution >= 0.6 is 11.3 Å². The summed E-state index contributed by atoms with van der Waals surface area (Å²) in [6, 6.07) is 10.2. The van der Waals surface area contributed by atoms with Crippen molar-refractivity contribution in [2.24, 2.45) is 0 Å². The van der Waals surface area contributed by atoms with Crippen molar-refractivity contribution < 1.29 is 22.7 Å². The number of carbonyl (C=O) groups is 1. The Morgan fingerprint density at radius 1 is 1.21 bits per heavy atom. The number of rotatable bonds is 8.